The number of nitrogens with zero attached hydrogens (tertiary/aromatic N) is 3. The number of fused-ring (bicyclic) bond motifs is 1. The molecule has 0 bridgehead atoms. The minimum absolute atomic E-state index is 0.0316. The lowest BCUT2D eigenvalue weighted by Gasteiger charge is -2.23. The van der Waals surface area contributed by atoms with E-state index in [1.54, 1.807) is 41.2 Å². The molecule has 0 unspecified atom stereocenters. The van der Waals surface area contributed by atoms with Crippen LogP contribution in [-0.4, -0.2) is 40.0 Å². The number of hydrogen-bond acceptors (Lipinski definition) is 4. The van der Waals surface area contributed by atoms with E-state index in [1.165, 1.54) is 41.3 Å². The van der Waals surface area contributed by atoms with Crippen LogP contribution >= 0.6 is 11.6 Å². The summed E-state index contributed by atoms with van der Waals surface area (Å²) in [7, 11) is 0. The number of hydrogen-bond donors (Lipinski definition) is 2. The number of carbonyl (C=O) groups is 3. The fourth-order valence-corrected chi connectivity index (χ4v) is 4.87. The molecule has 0 fully saturated rings. The van der Waals surface area contributed by atoms with Gasteiger partial charge in [-0.2, -0.15) is 5.10 Å². The number of benzene rings is 3. The van der Waals surface area contributed by atoms with E-state index >= 15 is 8.78 Å². The highest BCUT2D eigenvalue weighted by atomic mass is 35.5. The highest BCUT2D eigenvalue weighted by Gasteiger charge is 2.41. The van der Waals surface area contributed by atoms with Gasteiger partial charge in [-0.25, -0.2) is 13.5 Å². The topological polar surface area (TPSA) is 110 Å². The molecule has 4 aromatic rings. The van der Waals surface area contributed by atoms with Gasteiger partial charge < -0.3 is 16.0 Å². The number of amides is 3. The molecule has 3 aromatic carbocycles. The summed E-state index contributed by atoms with van der Waals surface area (Å²) >= 11 is 6.50. The Balaban J connectivity index is 1.48. The number of carbonyl (C=O) groups excluding carboxylic acids is 3. The highest BCUT2D eigenvalue weighted by Crippen LogP contribution is 2.43. The van der Waals surface area contributed by atoms with Crippen LogP contribution in [0.2, 0.25) is 5.02 Å². The molecule has 41 heavy (non-hydrogen) atoms. The summed E-state index contributed by atoms with van der Waals surface area (Å²) in [5.74, 6) is -5.53. The number of anilines is 2. The third-order valence-corrected chi connectivity index (χ3v) is 6.95. The van der Waals surface area contributed by atoms with Crippen LogP contribution in [0.3, 0.4) is 0 Å². The van der Waals surface area contributed by atoms with Crippen LogP contribution in [0.25, 0.3) is 11.3 Å². The molecule has 0 radical (unpaired) electrons. The van der Waals surface area contributed by atoms with Crippen LogP contribution in [-0.2, 0) is 4.79 Å². The Hall–Kier alpha value is -4.83. The molecule has 8 nitrogen and oxygen atoms in total. The summed E-state index contributed by atoms with van der Waals surface area (Å²) in [6.45, 7) is 1.52. The van der Waals surface area contributed by atoms with Gasteiger partial charge in [-0.05, 0) is 55.5 Å². The molecule has 0 saturated heterocycles. The van der Waals surface area contributed by atoms with Crippen molar-refractivity contribution in [1.29, 1.82) is 0 Å². The average molecular weight is 576 g/mol. The quantitative estimate of drug-likeness (QED) is 0.300. The summed E-state index contributed by atoms with van der Waals surface area (Å²) in [6, 6.07) is 18.6. The zero-order valence-electron chi connectivity index (χ0n) is 21.8. The number of allylic oxidation sites excluding steroid dienone is 1. The normalized spacial score (nSPS) is 15.2. The number of halogens is 3. The van der Waals surface area contributed by atoms with Gasteiger partial charge in [0.05, 0.1) is 27.7 Å². The summed E-state index contributed by atoms with van der Waals surface area (Å²) in [5, 5.41) is 6.98. The van der Waals surface area contributed by atoms with Crippen molar-refractivity contribution in [2.75, 3.05) is 16.8 Å². The SMILES string of the molecule is Cc1ccn(-c2ccc(C(=O)N3CCC(F)(F)C(=CC(=O)Nc4cccc(C(N)=O)c4)c4ccccc43)c(Cl)c2)n1. The van der Waals surface area contributed by atoms with E-state index in [4.69, 9.17) is 17.3 Å². The lowest BCUT2D eigenvalue weighted by Crippen LogP contribution is -2.33. The van der Waals surface area contributed by atoms with Gasteiger partial charge in [-0.3, -0.25) is 14.4 Å². The number of primary amides is 1. The lowest BCUT2D eigenvalue weighted by atomic mass is 9.97. The zero-order valence-corrected chi connectivity index (χ0v) is 22.5. The molecular formula is C30H24ClF2N5O3. The number of nitrogens with two attached hydrogens (primary N) is 1. The van der Waals surface area contributed by atoms with E-state index < -0.39 is 35.6 Å². The van der Waals surface area contributed by atoms with E-state index in [0.717, 1.165) is 11.8 Å². The summed E-state index contributed by atoms with van der Waals surface area (Å²) in [5.41, 5.74) is 6.94. The lowest BCUT2D eigenvalue weighted by molar-refractivity contribution is -0.112. The van der Waals surface area contributed by atoms with Crippen molar-refractivity contribution in [3.8, 4) is 5.69 Å². The van der Waals surface area contributed by atoms with Crippen LogP contribution in [0.5, 0.6) is 0 Å². The molecule has 0 aliphatic carbocycles. The first-order valence-electron chi connectivity index (χ1n) is 12.6. The summed E-state index contributed by atoms with van der Waals surface area (Å²) in [6.07, 6.45) is 1.84. The van der Waals surface area contributed by atoms with Gasteiger partial charge in [0, 0.05) is 47.6 Å². The second kappa shape index (κ2) is 11.0. The van der Waals surface area contributed by atoms with Gasteiger partial charge in [-0.15, -0.1) is 0 Å². The van der Waals surface area contributed by atoms with Crippen LogP contribution in [0, 0.1) is 6.92 Å². The predicted octanol–water partition coefficient (Wildman–Crippen LogP) is 5.64. The Labute approximate surface area is 239 Å². The first-order chi connectivity index (χ1) is 19.5. The molecule has 2 heterocycles. The Kier molecular flexibility index (Phi) is 7.42. The van der Waals surface area contributed by atoms with Crippen molar-refractivity contribution in [2.24, 2.45) is 5.73 Å². The third kappa shape index (κ3) is 5.73. The van der Waals surface area contributed by atoms with E-state index in [0.29, 0.717) is 5.69 Å². The number of rotatable bonds is 5. The second-order valence-electron chi connectivity index (χ2n) is 9.49. The van der Waals surface area contributed by atoms with Crippen LogP contribution in [0.15, 0.2) is 85.1 Å². The van der Waals surface area contributed by atoms with E-state index in [9.17, 15) is 14.4 Å². The van der Waals surface area contributed by atoms with E-state index in [2.05, 4.69) is 10.4 Å². The van der Waals surface area contributed by atoms with Crippen molar-refractivity contribution < 1.29 is 23.2 Å². The first kappa shape index (κ1) is 27.7. The third-order valence-electron chi connectivity index (χ3n) is 6.63. The predicted molar refractivity (Wildman–Crippen MR) is 153 cm³/mol. The number of alkyl halides is 2. The summed E-state index contributed by atoms with van der Waals surface area (Å²) < 4.78 is 32.7. The Morgan fingerprint density at radius 1 is 1.05 bits per heavy atom. The van der Waals surface area contributed by atoms with Gasteiger partial charge in [0.25, 0.3) is 11.8 Å². The van der Waals surface area contributed by atoms with Crippen LogP contribution < -0.4 is 16.0 Å². The molecule has 3 amide bonds. The first-order valence-corrected chi connectivity index (χ1v) is 13.0. The zero-order chi connectivity index (χ0) is 29.3. The highest BCUT2D eigenvalue weighted by molar-refractivity contribution is 6.34. The molecule has 0 spiro atoms. The molecule has 1 aliphatic rings. The molecule has 5 rings (SSSR count). The maximum absolute atomic E-state index is 15.6. The maximum Gasteiger partial charge on any atom is 0.275 e. The van der Waals surface area contributed by atoms with Crippen molar-refractivity contribution in [3.63, 3.8) is 0 Å². The Morgan fingerprint density at radius 2 is 1.83 bits per heavy atom. The fourth-order valence-electron chi connectivity index (χ4n) is 4.62. The molecule has 0 atom stereocenters. The molecule has 3 N–H and O–H groups in total. The largest absolute Gasteiger partial charge is 0.366 e. The van der Waals surface area contributed by atoms with Gasteiger partial charge in [-0.1, -0.05) is 35.9 Å². The number of aromatic nitrogens is 2. The minimum Gasteiger partial charge on any atom is -0.366 e. The van der Waals surface area contributed by atoms with E-state index in [-0.39, 0.29) is 39.6 Å². The van der Waals surface area contributed by atoms with Gasteiger partial charge >= 0.3 is 0 Å². The van der Waals surface area contributed by atoms with Gasteiger partial charge in [0.1, 0.15) is 0 Å². The van der Waals surface area contributed by atoms with Crippen molar-refractivity contribution >= 4 is 46.3 Å². The van der Waals surface area contributed by atoms with Crippen LogP contribution in [0.1, 0.15) is 38.4 Å². The monoisotopic (exact) mass is 575 g/mol. The standard InChI is InChI=1S/C30H24ClF2N5O3/c1-18-11-13-38(36-18)21-9-10-23(25(31)16-21)29(41)37-14-12-30(32,33)24(22-7-2-3-8-26(22)37)17-27(39)35-20-6-4-5-19(15-20)28(34)40/h2-11,13,15-17H,12,14H2,1H3,(H2,34,40)(H,35,39). The molecule has 1 aliphatic heterocycles. The smallest absolute Gasteiger partial charge is 0.275 e. The van der Waals surface area contributed by atoms with Crippen molar-refractivity contribution in [2.45, 2.75) is 19.3 Å². The number of para-hydroxylation sites is 1. The minimum atomic E-state index is -3.44. The Bertz CT molecular complexity index is 1720. The second-order valence-corrected chi connectivity index (χ2v) is 9.89. The van der Waals surface area contributed by atoms with Gasteiger partial charge in [0.15, 0.2) is 0 Å². The average Bonchev–Trinajstić information content (AvgIpc) is 3.34. The molecule has 1 aromatic heterocycles. The Morgan fingerprint density at radius 3 is 2.54 bits per heavy atom. The maximum atomic E-state index is 15.6. The molecule has 0 saturated carbocycles. The molecular weight excluding hydrogens is 552 g/mol. The number of nitrogens with one attached hydrogen (secondary N) is 1. The van der Waals surface area contributed by atoms with Gasteiger partial charge in [0.2, 0.25) is 11.8 Å². The summed E-state index contributed by atoms with van der Waals surface area (Å²) in [4.78, 5) is 39.3. The van der Waals surface area contributed by atoms with Crippen molar-refractivity contribution in [3.05, 3.63) is 112 Å². The number of aryl methyl sites for hydroxylation is 1. The fraction of sp³-hybridized carbons (Fsp3) is 0.133. The van der Waals surface area contributed by atoms with E-state index in [1.807, 2.05) is 13.0 Å². The van der Waals surface area contributed by atoms with Crippen molar-refractivity contribution in [1.82, 2.24) is 9.78 Å². The molecule has 11 heteroatoms. The van der Waals surface area contributed by atoms with Crippen LogP contribution in [0.4, 0.5) is 20.2 Å². The molecule has 208 valence electrons.